The summed E-state index contributed by atoms with van der Waals surface area (Å²) < 4.78 is 32.1. The number of aryl methyl sites for hydroxylation is 1. The molecule has 0 unspecified atom stereocenters. The van der Waals surface area contributed by atoms with Crippen molar-refractivity contribution in [2.75, 3.05) is 27.2 Å². The first-order chi connectivity index (χ1) is 9.89. The number of furan rings is 1. The molecule has 0 fully saturated rings. The van der Waals surface area contributed by atoms with Gasteiger partial charge in [-0.25, -0.2) is 8.42 Å². The lowest BCUT2D eigenvalue weighted by atomic mass is 10.4. The van der Waals surface area contributed by atoms with Gasteiger partial charge in [-0.15, -0.1) is 0 Å². The predicted octanol–water partition coefficient (Wildman–Crippen LogP) is 1.06. The average molecular weight is 312 g/mol. The van der Waals surface area contributed by atoms with Crippen LogP contribution in [0.3, 0.4) is 0 Å². The summed E-state index contributed by atoms with van der Waals surface area (Å²) in [4.78, 5) is 2.09. The first-order valence-corrected chi connectivity index (χ1v) is 8.02. The van der Waals surface area contributed by atoms with E-state index in [2.05, 4.69) is 10.2 Å². The van der Waals surface area contributed by atoms with E-state index in [9.17, 15) is 8.42 Å². The number of nitrogens with zero attached hydrogens (tertiary/aromatic N) is 3. The summed E-state index contributed by atoms with van der Waals surface area (Å²) in [7, 11) is 0.216. The number of nitrogens with one attached hydrogen (secondary N) is 1. The van der Waals surface area contributed by atoms with Crippen LogP contribution in [0.25, 0.3) is 0 Å². The lowest BCUT2D eigenvalue weighted by Crippen LogP contribution is -2.36. The lowest BCUT2D eigenvalue weighted by Gasteiger charge is -2.22. The number of hydrogen-bond acceptors (Lipinski definition) is 5. The standard InChI is InChI=1S/C13H20N4O3S/c1-11-4-5-12(20-11)10-17(7-6-16(2)3)21(18,19)13-8-14-15-9-13/h4-5,8-9H,6-7,10H2,1-3H3,(H,14,15). The molecular weight excluding hydrogens is 292 g/mol. The summed E-state index contributed by atoms with van der Waals surface area (Å²) in [5.74, 6) is 1.39. The quantitative estimate of drug-likeness (QED) is 0.827. The first kappa shape index (κ1) is 15.7. The minimum absolute atomic E-state index is 0.157. The Morgan fingerprint density at radius 2 is 2.05 bits per heavy atom. The SMILES string of the molecule is Cc1ccc(CN(CCN(C)C)S(=O)(=O)c2cn[nH]c2)o1. The summed E-state index contributed by atoms with van der Waals surface area (Å²) in [5.41, 5.74) is 0. The van der Waals surface area contributed by atoms with Crippen LogP contribution < -0.4 is 0 Å². The van der Waals surface area contributed by atoms with Gasteiger partial charge in [-0.05, 0) is 33.2 Å². The third kappa shape index (κ3) is 3.93. The van der Waals surface area contributed by atoms with Crippen molar-refractivity contribution in [1.29, 1.82) is 0 Å². The van der Waals surface area contributed by atoms with Gasteiger partial charge in [-0.3, -0.25) is 5.10 Å². The maximum atomic E-state index is 12.6. The molecule has 116 valence electrons. The molecule has 0 aliphatic carbocycles. The Morgan fingerprint density at radius 3 is 2.57 bits per heavy atom. The molecule has 0 saturated heterocycles. The zero-order chi connectivity index (χ0) is 15.5. The lowest BCUT2D eigenvalue weighted by molar-refractivity contribution is 0.310. The fourth-order valence-electron chi connectivity index (χ4n) is 1.87. The van der Waals surface area contributed by atoms with Crippen LogP contribution >= 0.6 is 0 Å². The average Bonchev–Trinajstić information content (AvgIpc) is 3.05. The summed E-state index contributed by atoms with van der Waals surface area (Å²) in [5, 5.41) is 6.25. The molecule has 0 aliphatic heterocycles. The van der Waals surface area contributed by atoms with Gasteiger partial charge in [-0.2, -0.15) is 9.40 Å². The molecule has 0 bridgehead atoms. The Morgan fingerprint density at radius 1 is 1.29 bits per heavy atom. The second-order valence-corrected chi connectivity index (χ2v) is 7.03. The van der Waals surface area contributed by atoms with Crippen molar-refractivity contribution >= 4 is 10.0 Å². The molecule has 0 aromatic carbocycles. The van der Waals surface area contributed by atoms with Crippen LogP contribution in [0, 0.1) is 6.92 Å². The van der Waals surface area contributed by atoms with Crippen molar-refractivity contribution in [3.63, 3.8) is 0 Å². The van der Waals surface area contributed by atoms with Gasteiger partial charge in [0, 0.05) is 19.3 Å². The third-order valence-electron chi connectivity index (χ3n) is 3.04. The summed E-state index contributed by atoms with van der Waals surface area (Å²) in [6.45, 7) is 3.03. The number of hydrogen-bond donors (Lipinski definition) is 1. The van der Waals surface area contributed by atoms with E-state index in [-0.39, 0.29) is 11.4 Å². The predicted molar refractivity (Wildman–Crippen MR) is 78.2 cm³/mol. The van der Waals surface area contributed by atoms with Gasteiger partial charge in [0.05, 0.1) is 12.7 Å². The molecular formula is C13H20N4O3S. The molecule has 0 amide bonds. The van der Waals surface area contributed by atoms with Crippen LogP contribution in [0.5, 0.6) is 0 Å². The van der Waals surface area contributed by atoms with Crippen LogP contribution in [0.4, 0.5) is 0 Å². The van der Waals surface area contributed by atoms with E-state index in [0.717, 1.165) is 5.76 Å². The van der Waals surface area contributed by atoms with Crippen molar-refractivity contribution in [3.8, 4) is 0 Å². The van der Waals surface area contributed by atoms with Gasteiger partial charge >= 0.3 is 0 Å². The zero-order valence-electron chi connectivity index (χ0n) is 12.4. The van der Waals surface area contributed by atoms with E-state index in [1.807, 2.05) is 32.0 Å². The zero-order valence-corrected chi connectivity index (χ0v) is 13.2. The van der Waals surface area contributed by atoms with Crippen LogP contribution in [0.2, 0.25) is 0 Å². The van der Waals surface area contributed by atoms with E-state index in [4.69, 9.17) is 4.42 Å². The highest BCUT2D eigenvalue weighted by Gasteiger charge is 2.26. The topological polar surface area (TPSA) is 82.4 Å². The molecule has 1 N–H and O–H groups in total. The molecule has 0 atom stereocenters. The maximum Gasteiger partial charge on any atom is 0.246 e. The fourth-order valence-corrected chi connectivity index (χ4v) is 3.17. The first-order valence-electron chi connectivity index (χ1n) is 6.58. The maximum absolute atomic E-state index is 12.6. The highest BCUT2D eigenvalue weighted by molar-refractivity contribution is 7.89. The van der Waals surface area contributed by atoms with E-state index < -0.39 is 10.0 Å². The van der Waals surface area contributed by atoms with Gasteiger partial charge < -0.3 is 9.32 Å². The Bertz CT molecular complexity index is 661. The van der Waals surface area contributed by atoms with Crippen molar-refractivity contribution in [1.82, 2.24) is 19.4 Å². The van der Waals surface area contributed by atoms with E-state index in [0.29, 0.717) is 18.8 Å². The minimum Gasteiger partial charge on any atom is -0.465 e. The van der Waals surface area contributed by atoms with Crippen LogP contribution in [-0.4, -0.2) is 55.0 Å². The second kappa shape index (κ2) is 6.42. The second-order valence-electron chi connectivity index (χ2n) is 5.09. The highest BCUT2D eigenvalue weighted by Crippen LogP contribution is 2.18. The molecule has 2 rings (SSSR count). The monoisotopic (exact) mass is 312 g/mol. The van der Waals surface area contributed by atoms with E-state index in [1.165, 1.54) is 16.7 Å². The molecule has 7 nitrogen and oxygen atoms in total. The number of likely N-dealkylation sites (N-methyl/N-ethyl adjacent to an activating group) is 1. The molecule has 0 spiro atoms. The Hall–Kier alpha value is -1.64. The normalized spacial score (nSPS) is 12.4. The molecule has 2 aromatic heterocycles. The molecule has 2 heterocycles. The smallest absolute Gasteiger partial charge is 0.246 e. The summed E-state index contributed by atoms with van der Waals surface area (Å²) >= 11 is 0. The Balaban J connectivity index is 2.23. The van der Waals surface area contributed by atoms with Crippen molar-refractivity contribution in [2.24, 2.45) is 0 Å². The molecule has 0 radical (unpaired) electrons. The van der Waals surface area contributed by atoms with Crippen molar-refractivity contribution < 1.29 is 12.8 Å². The molecule has 2 aromatic rings. The third-order valence-corrected chi connectivity index (χ3v) is 4.85. The Kier molecular flexibility index (Phi) is 4.81. The number of rotatable bonds is 7. The molecule has 0 saturated carbocycles. The van der Waals surface area contributed by atoms with Crippen LogP contribution in [0.15, 0.2) is 33.8 Å². The minimum atomic E-state index is -3.59. The highest BCUT2D eigenvalue weighted by atomic mass is 32.2. The van der Waals surface area contributed by atoms with Gasteiger partial charge in [0.1, 0.15) is 16.4 Å². The largest absolute Gasteiger partial charge is 0.465 e. The number of H-pyrrole nitrogens is 1. The fraction of sp³-hybridized carbons (Fsp3) is 0.462. The van der Waals surface area contributed by atoms with E-state index in [1.54, 1.807) is 6.07 Å². The molecule has 21 heavy (non-hydrogen) atoms. The summed E-state index contributed by atoms with van der Waals surface area (Å²) in [6.07, 6.45) is 2.69. The molecule has 8 heteroatoms. The van der Waals surface area contributed by atoms with Gasteiger partial charge in [-0.1, -0.05) is 0 Å². The number of aromatic nitrogens is 2. The Labute approximate surface area is 124 Å². The molecule has 0 aliphatic rings. The van der Waals surface area contributed by atoms with Crippen molar-refractivity contribution in [2.45, 2.75) is 18.4 Å². The van der Waals surface area contributed by atoms with E-state index >= 15 is 0 Å². The van der Waals surface area contributed by atoms with Crippen LogP contribution in [0.1, 0.15) is 11.5 Å². The van der Waals surface area contributed by atoms with Gasteiger partial charge in [0.25, 0.3) is 0 Å². The van der Waals surface area contributed by atoms with Crippen LogP contribution in [-0.2, 0) is 16.6 Å². The summed E-state index contributed by atoms with van der Waals surface area (Å²) in [6, 6.07) is 3.62. The van der Waals surface area contributed by atoms with Gasteiger partial charge in [0.2, 0.25) is 10.0 Å². The van der Waals surface area contributed by atoms with Gasteiger partial charge in [0.15, 0.2) is 0 Å². The number of aromatic amines is 1. The van der Waals surface area contributed by atoms with Crippen molar-refractivity contribution in [3.05, 3.63) is 36.0 Å². The number of sulfonamides is 1.